The van der Waals surface area contributed by atoms with Crippen LogP contribution >= 0.6 is 0 Å². The fraction of sp³-hybridized carbons (Fsp3) is 0.462. The molecule has 1 aromatic rings. The molecule has 0 bridgehead atoms. The summed E-state index contributed by atoms with van der Waals surface area (Å²) < 4.78 is 0. The Labute approximate surface area is 101 Å². The summed E-state index contributed by atoms with van der Waals surface area (Å²) in [7, 11) is 0. The number of para-hydroxylation sites is 1. The van der Waals surface area contributed by atoms with Crippen LogP contribution in [-0.2, 0) is 0 Å². The number of benzene rings is 1. The fourth-order valence-corrected chi connectivity index (χ4v) is 2.28. The number of piperidine rings is 1. The van der Waals surface area contributed by atoms with E-state index in [0.717, 1.165) is 31.6 Å². The third-order valence-electron chi connectivity index (χ3n) is 3.42. The SMILES string of the molecule is N#Cc1cccc(N2CCC(CO)CC2)c1N. The van der Waals surface area contributed by atoms with Crippen molar-refractivity contribution in [3.63, 3.8) is 0 Å². The molecular formula is C13H17N3O. The first kappa shape index (κ1) is 11.7. The molecule has 17 heavy (non-hydrogen) atoms. The zero-order chi connectivity index (χ0) is 12.3. The Morgan fingerprint density at radius 3 is 2.71 bits per heavy atom. The molecule has 0 unspecified atom stereocenters. The molecule has 90 valence electrons. The molecule has 0 spiro atoms. The zero-order valence-electron chi connectivity index (χ0n) is 9.76. The minimum absolute atomic E-state index is 0.265. The number of anilines is 2. The molecular weight excluding hydrogens is 214 g/mol. The van der Waals surface area contributed by atoms with Gasteiger partial charge in [-0.3, -0.25) is 0 Å². The highest BCUT2D eigenvalue weighted by Crippen LogP contribution is 2.29. The second kappa shape index (κ2) is 5.07. The molecule has 0 aromatic heterocycles. The van der Waals surface area contributed by atoms with Gasteiger partial charge in [0.15, 0.2) is 0 Å². The largest absolute Gasteiger partial charge is 0.396 e. The van der Waals surface area contributed by atoms with Crippen LogP contribution in [0.1, 0.15) is 18.4 Å². The van der Waals surface area contributed by atoms with Crippen LogP contribution in [-0.4, -0.2) is 24.8 Å². The van der Waals surface area contributed by atoms with Crippen LogP contribution in [0.25, 0.3) is 0 Å². The Hall–Kier alpha value is -1.73. The van der Waals surface area contributed by atoms with Crippen molar-refractivity contribution in [1.82, 2.24) is 0 Å². The summed E-state index contributed by atoms with van der Waals surface area (Å²) in [4.78, 5) is 2.20. The van der Waals surface area contributed by atoms with Crippen molar-refractivity contribution in [2.75, 3.05) is 30.3 Å². The molecule has 0 radical (unpaired) electrons. The van der Waals surface area contributed by atoms with Crippen LogP contribution in [0, 0.1) is 17.2 Å². The molecule has 0 amide bonds. The number of nitrogens with zero attached hydrogens (tertiary/aromatic N) is 2. The topological polar surface area (TPSA) is 73.3 Å². The van der Waals surface area contributed by atoms with Crippen molar-refractivity contribution in [2.45, 2.75) is 12.8 Å². The van der Waals surface area contributed by atoms with Crippen molar-refractivity contribution >= 4 is 11.4 Å². The van der Waals surface area contributed by atoms with Crippen molar-refractivity contribution in [1.29, 1.82) is 5.26 Å². The molecule has 1 aliphatic rings. The van der Waals surface area contributed by atoms with E-state index in [-0.39, 0.29) is 6.61 Å². The normalized spacial score (nSPS) is 16.8. The number of hydrogen-bond donors (Lipinski definition) is 2. The van der Waals surface area contributed by atoms with Gasteiger partial charge in [0.2, 0.25) is 0 Å². The number of aliphatic hydroxyl groups excluding tert-OH is 1. The number of nitriles is 1. The van der Waals surface area contributed by atoms with Gasteiger partial charge in [-0.05, 0) is 30.9 Å². The van der Waals surface area contributed by atoms with E-state index >= 15 is 0 Å². The molecule has 1 aliphatic heterocycles. The Kier molecular flexibility index (Phi) is 3.50. The maximum Gasteiger partial charge on any atom is 0.101 e. The molecule has 2 rings (SSSR count). The van der Waals surface area contributed by atoms with E-state index in [1.807, 2.05) is 12.1 Å². The Morgan fingerprint density at radius 1 is 1.41 bits per heavy atom. The lowest BCUT2D eigenvalue weighted by atomic mass is 9.97. The van der Waals surface area contributed by atoms with Gasteiger partial charge in [-0.25, -0.2) is 0 Å². The molecule has 4 heteroatoms. The maximum absolute atomic E-state index is 9.10. The monoisotopic (exact) mass is 231 g/mol. The number of nitrogen functional groups attached to an aromatic ring is 1. The highest BCUT2D eigenvalue weighted by Gasteiger charge is 2.20. The number of hydrogen-bond acceptors (Lipinski definition) is 4. The standard InChI is InChI=1S/C13H17N3O/c14-8-11-2-1-3-12(13(11)15)16-6-4-10(9-17)5-7-16/h1-3,10,17H,4-7,9,15H2. The lowest BCUT2D eigenvalue weighted by Crippen LogP contribution is -2.35. The van der Waals surface area contributed by atoms with Crippen LogP contribution in [0.4, 0.5) is 11.4 Å². The third kappa shape index (κ3) is 2.34. The van der Waals surface area contributed by atoms with Crippen molar-refractivity contribution in [2.24, 2.45) is 5.92 Å². The summed E-state index contributed by atoms with van der Waals surface area (Å²) in [5.41, 5.74) is 8.02. The second-order valence-electron chi connectivity index (χ2n) is 4.46. The summed E-state index contributed by atoms with van der Waals surface area (Å²) in [6.45, 7) is 2.05. The Bertz CT molecular complexity index is 431. The van der Waals surface area contributed by atoms with E-state index in [0.29, 0.717) is 17.2 Å². The quantitative estimate of drug-likeness (QED) is 0.753. The predicted molar refractivity (Wildman–Crippen MR) is 67.6 cm³/mol. The molecule has 1 fully saturated rings. The highest BCUT2D eigenvalue weighted by molar-refractivity contribution is 5.74. The molecule has 0 atom stereocenters. The van der Waals surface area contributed by atoms with Gasteiger partial charge in [0.25, 0.3) is 0 Å². The zero-order valence-corrected chi connectivity index (χ0v) is 9.76. The van der Waals surface area contributed by atoms with Crippen LogP contribution < -0.4 is 10.6 Å². The van der Waals surface area contributed by atoms with E-state index in [4.69, 9.17) is 16.1 Å². The molecule has 1 heterocycles. The summed E-state index contributed by atoms with van der Waals surface area (Å²) in [5.74, 6) is 0.409. The van der Waals surface area contributed by atoms with Crippen molar-refractivity contribution in [3.05, 3.63) is 23.8 Å². The van der Waals surface area contributed by atoms with Crippen LogP contribution in [0.15, 0.2) is 18.2 Å². The summed E-state index contributed by atoms with van der Waals surface area (Å²) >= 11 is 0. The number of aliphatic hydroxyl groups is 1. The van der Waals surface area contributed by atoms with Crippen LogP contribution in [0.3, 0.4) is 0 Å². The first-order chi connectivity index (χ1) is 8.26. The minimum atomic E-state index is 0.265. The molecule has 1 aromatic carbocycles. The lowest BCUT2D eigenvalue weighted by Gasteiger charge is -2.33. The van der Waals surface area contributed by atoms with Gasteiger partial charge in [0.1, 0.15) is 6.07 Å². The fourth-order valence-electron chi connectivity index (χ4n) is 2.28. The van der Waals surface area contributed by atoms with Crippen molar-refractivity contribution < 1.29 is 5.11 Å². The first-order valence-corrected chi connectivity index (χ1v) is 5.90. The van der Waals surface area contributed by atoms with E-state index in [2.05, 4.69) is 11.0 Å². The van der Waals surface area contributed by atoms with Crippen LogP contribution in [0.2, 0.25) is 0 Å². The van der Waals surface area contributed by atoms with Gasteiger partial charge in [-0.2, -0.15) is 5.26 Å². The van der Waals surface area contributed by atoms with Gasteiger partial charge in [-0.15, -0.1) is 0 Å². The van der Waals surface area contributed by atoms with Gasteiger partial charge in [0.05, 0.1) is 16.9 Å². The summed E-state index contributed by atoms with van der Waals surface area (Å²) in [6.07, 6.45) is 1.96. The van der Waals surface area contributed by atoms with E-state index < -0.39 is 0 Å². The average molecular weight is 231 g/mol. The smallest absolute Gasteiger partial charge is 0.101 e. The van der Waals surface area contributed by atoms with E-state index in [9.17, 15) is 0 Å². The first-order valence-electron chi connectivity index (χ1n) is 5.90. The van der Waals surface area contributed by atoms with Crippen LogP contribution in [0.5, 0.6) is 0 Å². The maximum atomic E-state index is 9.10. The molecule has 1 saturated heterocycles. The Balaban J connectivity index is 2.16. The second-order valence-corrected chi connectivity index (χ2v) is 4.46. The average Bonchev–Trinajstić information content (AvgIpc) is 2.39. The molecule has 0 saturated carbocycles. The third-order valence-corrected chi connectivity index (χ3v) is 3.42. The lowest BCUT2D eigenvalue weighted by molar-refractivity contribution is 0.203. The predicted octanol–water partition coefficient (Wildman–Crippen LogP) is 1.35. The van der Waals surface area contributed by atoms with E-state index in [1.165, 1.54) is 0 Å². The minimum Gasteiger partial charge on any atom is -0.396 e. The molecule has 4 nitrogen and oxygen atoms in total. The van der Waals surface area contributed by atoms with E-state index in [1.54, 1.807) is 6.07 Å². The van der Waals surface area contributed by atoms with Gasteiger partial charge < -0.3 is 15.7 Å². The van der Waals surface area contributed by atoms with Gasteiger partial charge in [0, 0.05) is 19.7 Å². The number of rotatable bonds is 2. The van der Waals surface area contributed by atoms with Crippen molar-refractivity contribution in [3.8, 4) is 6.07 Å². The molecule has 0 aliphatic carbocycles. The molecule has 3 N–H and O–H groups in total. The number of nitrogens with two attached hydrogens (primary N) is 1. The van der Waals surface area contributed by atoms with Gasteiger partial charge in [-0.1, -0.05) is 6.07 Å². The van der Waals surface area contributed by atoms with Gasteiger partial charge >= 0.3 is 0 Å². The highest BCUT2D eigenvalue weighted by atomic mass is 16.3. The Morgan fingerprint density at radius 2 is 2.12 bits per heavy atom. The summed E-state index contributed by atoms with van der Waals surface area (Å²) in [5, 5.41) is 18.0. The summed E-state index contributed by atoms with van der Waals surface area (Å²) in [6, 6.07) is 7.66.